The van der Waals surface area contributed by atoms with Crippen LogP contribution in [0.2, 0.25) is 0 Å². The number of nitrogens with zero attached hydrogens (tertiary/aromatic N) is 4. The van der Waals surface area contributed by atoms with Gasteiger partial charge in [-0.15, -0.1) is 5.10 Å². The number of nitrogens with one attached hydrogen (secondary N) is 1. The van der Waals surface area contributed by atoms with Crippen molar-refractivity contribution in [2.24, 2.45) is 5.73 Å². The largest absolute Gasteiger partial charge is 0.325 e. The highest BCUT2D eigenvalue weighted by Crippen LogP contribution is 2.22. The van der Waals surface area contributed by atoms with E-state index in [2.05, 4.69) is 36.5 Å². The van der Waals surface area contributed by atoms with Crippen molar-refractivity contribution in [3.8, 4) is 0 Å². The molecule has 0 saturated heterocycles. The number of carbonyl (C=O) groups is 1. The molecule has 0 saturated carbocycles. The van der Waals surface area contributed by atoms with E-state index in [1.807, 2.05) is 0 Å². The summed E-state index contributed by atoms with van der Waals surface area (Å²) in [5.41, 5.74) is 6.04. The SMILES string of the molecule is NCc1cn(CC(=O)Nc2ncc(Br)s2)nn1. The highest BCUT2D eigenvalue weighted by molar-refractivity contribution is 9.11. The van der Waals surface area contributed by atoms with Gasteiger partial charge >= 0.3 is 0 Å². The van der Waals surface area contributed by atoms with E-state index in [1.165, 1.54) is 16.0 Å². The molecule has 1 amide bonds. The van der Waals surface area contributed by atoms with Crippen LogP contribution in [0.15, 0.2) is 16.2 Å². The molecule has 2 heterocycles. The lowest BCUT2D eigenvalue weighted by Crippen LogP contribution is -2.19. The molecule has 0 atom stereocenters. The third-order valence-electron chi connectivity index (χ3n) is 1.82. The number of hydrogen-bond acceptors (Lipinski definition) is 6. The molecule has 17 heavy (non-hydrogen) atoms. The average Bonchev–Trinajstić information content (AvgIpc) is 2.88. The summed E-state index contributed by atoms with van der Waals surface area (Å²) < 4.78 is 2.29. The Bertz CT molecular complexity index is 524. The lowest BCUT2D eigenvalue weighted by atomic mass is 10.5. The monoisotopic (exact) mass is 316 g/mol. The van der Waals surface area contributed by atoms with Crippen LogP contribution < -0.4 is 11.1 Å². The Morgan fingerprint density at radius 3 is 3.06 bits per heavy atom. The van der Waals surface area contributed by atoms with Crippen molar-refractivity contribution >= 4 is 38.3 Å². The van der Waals surface area contributed by atoms with Crippen LogP contribution in [-0.2, 0) is 17.9 Å². The predicted molar refractivity (Wildman–Crippen MR) is 66.4 cm³/mol. The first-order valence-electron chi connectivity index (χ1n) is 4.67. The van der Waals surface area contributed by atoms with Gasteiger partial charge in [0.15, 0.2) is 5.13 Å². The molecule has 0 radical (unpaired) electrons. The van der Waals surface area contributed by atoms with Crippen LogP contribution in [0.4, 0.5) is 5.13 Å². The number of carbonyl (C=O) groups excluding carboxylic acids is 1. The van der Waals surface area contributed by atoms with Gasteiger partial charge in [0, 0.05) is 6.54 Å². The number of hydrogen-bond donors (Lipinski definition) is 2. The van der Waals surface area contributed by atoms with Gasteiger partial charge in [0.2, 0.25) is 5.91 Å². The summed E-state index contributed by atoms with van der Waals surface area (Å²) in [5.74, 6) is -0.208. The molecule has 3 N–H and O–H groups in total. The zero-order chi connectivity index (χ0) is 12.3. The van der Waals surface area contributed by atoms with Crippen LogP contribution in [0.25, 0.3) is 0 Å². The van der Waals surface area contributed by atoms with Gasteiger partial charge in [-0.1, -0.05) is 16.6 Å². The molecule has 90 valence electrons. The van der Waals surface area contributed by atoms with Gasteiger partial charge in [-0.25, -0.2) is 9.67 Å². The van der Waals surface area contributed by atoms with Crippen molar-refractivity contribution in [1.29, 1.82) is 0 Å². The number of halogens is 1. The highest BCUT2D eigenvalue weighted by Gasteiger charge is 2.08. The van der Waals surface area contributed by atoms with E-state index in [4.69, 9.17) is 5.73 Å². The van der Waals surface area contributed by atoms with Crippen LogP contribution in [0.5, 0.6) is 0 Å². The van der Waals surface area contributed by atoms with Gasteiger partial charge in [-0.2, -0.15) is 0 Å². The van der Waals surface area contributed by atoms with E-state index in [0.717, 1.165) is 3.79 Å². The van der Waals surface area contributed by atoms with Crippen LogP contribution in [0.3, 0.4) is 0 Å². The summed E-state index contributed by atoms with van der Waals surface area (Å²) >= 11 is 4.61. The zero-order valence-electron chi connectivity index (χ0n) is 8.63. The number of nitrogens with two attached hydrogens (primary N) is 1. The molecule has 0 aliphatic heterocycles. The molecular weight excluding hydrogens is 308 g/mol. The fourth-order valence-corrected chi connectivity index (χ4v) is 2.25. The van der Waals surface area contributed by atoms with Gasteiger partial charge in [0.05, 0.1) is 21.9 Å². The van der Waals surface area contributed by atoms with Crippen molar-refractivity contribution in [1.82, 2.24) is 20.0 Å². The van der Waals surface area contributed by atoms with Gasteiger partial charge < -0.3 is 11.1 Å². The summed E-state index contributed by atoms with van der Waals surface area (Å²) in [4.78, 5) is 15.6. The smallest absolute Gasteiger partial charge is 0.247 e. The summed E-state index contributed by atoms with van der Waals surface area (Å²) in [6.07, 6.45) is 3.26. The molecule has 0 aromatic carbocycles. The summed E-state index contributed by atoms with van der Waals surface area (Å²) in [7, 11) is 0. The third kappa shape index (κ3) is 3.32. The average molecular weight is 317 g/mol. The van der Waals surface area contributed by atoms with E-state index in [-0.39, 0.29) is 12.5 Å². The predicted octanol–water partition coefficient (Wildman–Crippen LogP) is 0.594. The molecule has 9 heteroatoms. The number of amides is 1. The minimum atomic E-state index is -0.208. The normalized spacial score (nSPS) is 10.5. The Hall–Kier alpha value is -1.32. The van der Waals surface area contributed by atoms with E-state index in [0.29, 0.717) is 17.4 Å². The van der Waals surface area contributed by atoms with Crippen LogP contribution >= 0.6 is 27.3 Å². The van der Waals surface area contributed by atoms with E-state index >= 15 is 0 Å². The molecule has 7 nitrogen and oxygen atoms in total. The topological polar surface area (TPSA) is 98.7 Å². The Balaban J connectivity index is 1.93. The fraction of sp³-hybridized carbons (Fsp3) is 0.250. The standard InChI is InChI=1S/C8H9BrN6OS/c9-6-2-11-8(17-6)12-7(16)4-15-3-5(1-10)13-14-15/h2-3H,1,4,10H2,(H,11,12,16). The van der Waals surface area contributed by atoms with Crippen LogP contribution in [-0.4, -0.2) is 25.9 Å². The Morgan fingerprint density at radius 1 is 1.65 bits per heavy atom. The Morgan fingerprint density at radius 2 is 2.47 bits per heavy atom. The van der Waals surface area contributed by atoms with Gasteiger partial charge in [0.25, 0.3) is 0 Å². The molecule has 2 aromatic rings. The van der Waals surface area contributed by atoms with Gasteiger partial charge in [0.1, 0.15) is 6.54 Å². The second-order valence-corrected chi connectivity index (χ2v) is 5.54. The minimum absolute atomic E-state index is 0.0875. The molecular formula is C8H9BrN6OS. The molecule has 2 aromatic heterocycles. The van der Waals surface area contributed by atoms with Crippen molar-refractivity contribution in [2.75, 3.05) is 5.32 Å². The molecule has 2 rings (SSSR count). The summed E-state index contributed by atoms with van der Waals surface area (Å²) in [5, 5.41) is 10.8. The molecule has 0 aliphatic rings. The van der Waals surface area contributed by atoms with Crippen molar-refractivity contribution in [2.45, 2.75) is 13.1 Å². The summed E-state index contributed by atoms with van der Waals surface area (Å²) in [6.45, 7) is 0.394. The molecule has 0 bridgehead atoms. The lowest BCUT2D eigenvalue weighted by Gasteiger charge is -2.00. The lowest BCUT2D eigenvalue weighted by molar-refractivity contribution is -0.116. The highest BCUT2D eigenvalue weighted by atomic mass is 79.9. The zero-order valence-corrected chi connectivity index (χ0v) is 11.0. The second kappa shape index (κ2) is 5.34. The first kappa shape index (κ1) is 12.1. The first-order chi connectivity index (χ1) is 8.17. The Kier molecular flexibility index (Phi) is 3.82. The second-order valence-electron chi connectivity index (χ2n) is 3.13. The maximum Gasteiger partial charge on any atom is 0.247 e. The quantitative estimate of drug-likeness (QED) is 0.860. The first-order valence-corrected chi connectivity index (χ1v) is 6.28. The van der Waals surface area contributed by atoms with Gasteiger partial charge in [-0.05, 0) is 15.9 Å². The summed E-state index contributed by atoms with van der Waals surface area (Å²) in [6, 6.07) is 0. The van der Waals surface area contributed by atoms with Crippen molar-refractivity contribution in [3.05, 3.63) is 21.9 Å². The molecule has 0 spiro atoms. The number of rotatable bonds is 4. The number of thiazole rings is 1. The van der Waals surface area contributed by atoms with Crippen molar-refractivity contribution in [3.63, 3.8) is 0 Å². The number of anilines is 1. The third-order valence-corrected chi connectivity index (χ3v) is 3.22. The Labute approximate surface area is 109 Å². The van der Waals surface area contributed by atoms with E-state index in [9.17, 15) is 4.79 Å². The molecule has 0 fully saturated rings. The molecule has 0 unspecified atom stereocenters. The maximum atomic E-state index is 11.6. The number of aromatic nitrogens is 4. The van der Waals surface area contributed by atoms with Crippen molar-refractivity contribution < 1.29 is 4.79 Å². The minimum Gasteiger partial charge on any atom is -0.325 e. The van der Waals surface area contributed by atoms with Gasteiger partial charge in [-0.3, -0.25) is 4.79 Å². The van der Waals surface area contributed by atoms with Crippen LogP contribution in [0.1, 0.15) is 5.69 Å². The van der Waals surface area contributed by atoms with Crippen LogP contribution in [0, 0.1) is 0 Å². The van der Waals surface area contributed by atoms with E-state index in [1.54, 1.807) is 12.4 Å². The molecule has 0 aliphatic carbocycles. The van der Waals surface area contributed by atoms with E-state index < -0.39 is 0 Å². The fourth-order valence-electron chi connectivity index (χ4n) is 1.13. The maximum absolute atomic E-state index is 11.6.